The number of hydrogen-bond donors (Lipinski definition) is 2. The highest BCUT2D eigenvalue weighted by atomic mass is 32.2. The Labute approximate surface area is 233 Å². The zero-order valence-corrected chi connectivity index (χ0v) is 23.7. The number of aromatic nitrogens is 5. The quantitative estimate of drug-likeness (QED) is 0.312. The maximum atomic E-state index is 11.8. The van der Waals surface area contributed by atoms with E-state index in [4.69, 9.17) is 20.4 Å². The molecule has 0 radical (unpaired) electrons. The summed E-state index contributed by atoms with van der Waals surface area (Å²) in [6.45, 7) is 6.45. The molecule has 1 unspecified atom stereocenters. The number of anilines is 3. The molecule has 2 fully saturated rings. The molecule has 1 aromatic carbocycles. The van der Waals surface area contributed by atoms with Gasteiger partial charge in [-0.15, -0.1) is 0 Å². The molecule has 5 heterocycles. The summed E-state index contributed by atoms with van der Waals surface area (Å²) in [4.78, 5) is 15.9. The standard InChI is InChI=1S/C28H34N8O3S/c1-17(2)21-4-5-24(36-14-19(27(36)29)16-40(3,37)38)23-12-31-26(10-22(21)23)33-25-6-8-30-28(34-25)18-11-32-35(13-18)15-20-7-9-39-20/h4-6,8,10-13,17,19-20,27H,7,9,14-16,29H2,1-3H3,(H,30,31,33,34)/t19-,20?,27+/m1/s1. The summed E-state index contributed by atoms with van der Waals surface area (Å²) in [5.74, 6) is 2.17. The van der Waals surface area contributed by atoms with Crippen molar-refractivity contribution in [3.8, 4) is 11.4 Å². The number of pyridine rings is 1. The van der Waals surface area contributed by atoms with Crippen LogP contribution in [0.4, 0.5) is 17.3 Å². The molecule has 210 valence electrons. The average molecular weight is 563 g/mol. The number of nitrogens with zero attached hydrogens (tertiary/aromatic N) is 6. The molecule has 3 aromatic heterocycles. The topological polar surface area (TPSA) is 141 Å². The third-order valence-electron chi connectivity index (χ3n) is 7.62. The number of sulfone groups is 1. The third kappa shape index (κ3) is 5.38. The van der Waals surface area contributed by atoms with Crippen molar-refractivity contribution >= 4 is 37.9 Å². The van der Waals surface area contributed by atoms with E-state index in [0.717, 1.165) is 41.6 Å². The first-order chi connectivity index (χ1) is 19.1. The Balaban J connectivity index is 1.25. The highest BCUT2D eigenvalue weighted by Crippen LogP contribution is 2.38. The molecule has 6 rings (SSSR count). The van der Waals surface area contributed by atoms with Gasteiger partial charge in [0.05, 0.1) is 36.3 Å². The predicted octanol–water partition coefficient (Wildman–Crippen LogP) is 3.31. The lowest BCUT2D eigenvalue weighted by Crippen LogP contribution is -2.63. The first-order valence-electron chi connectivity index (χ1n) is 13.5. The summed E-state index contributed by atoms with van der Waals surface area (Å²) in [6, 6.07) is 8.03. The van der Waals surface area contributed by atoms with Gasteiger partial charge in [0.1, 0.15) is 21.5 Å². The van der Waals surface area contributed by atoms with Gasteiger partial charge in [0.2, 0.25) is 0 Å². The van der Waals surface area contributed by atoms with Crippen LogP contribution in [-0.2, 0) is 21.1 Å². The lowest BCUT2D eigenvalue weighted by Gasteiger charge is -2.47. The van der Waals surface area contributed by atoms with E-state index in [1.807, 2.05) is 29.2 Å². The van der Waals surface area contributed by atoms with Crippen molar-refractivity contribution in [1.29, 1.82) is 0 Å². The van der Waals surface area contributed by atoms with E-state index >= 15 is 0 Å². The fourth-order valence-corrected chi connectivity index (χ4v) is 6.46. The molecular formula is C28H34N8O3S. The van der Waals surface area contributed by atoms with E-state index in [0.29, 0.717) is 29.9 Å². The highest BCUT2D eigenvalue weighted by molar-refractivity contribution is 7.90. The predicted molar refractivity (Wildman–Crippen MR) is 155 cm³/mol. The monoisotopic (exact) mass is 562 g/mol. The Morgan fingerprint density at radius 2 is 1.98 bits per heavy atom. The van der Waals surface area contributed by atoms with Gasteiger partial charge >= 0.3 is 0 Å². The smallest absolute Gasteiger partial charge is 0.164 e. The van der Waals surface area contributed by atoms with E-state index in [2.05, 4.69) is 46.3 Å². The molecule has 40 heavy (non-hydrogen) atoms. The number of nitrogens with two attached hydrogens (primary N) is 1. The zero-order valence-electron chi connectivity index (χ0n) is 22.9. The first-order valence-corrected chi connectivity index (χ1v) is 15.6. The fraction of sp³-hybridized carbons (Fsp3) is 0.429. The van der Waals surface area contributed by atoms with E-state index < -0.39 is 9.84 Å². The van der Waals surface area contributed by atoms with Crippen LogP contribution in [0.3, 0.4) is 0 Å². The Hall–Kier alpha value is -3.61. The van der Waals surface area contributed by atoms with Crippen LogP contribution in [0.15, 0.2) is 49.1 Å². The van der Waals surface area contributed by atoms with Crippen LogP contribution in [0, 0.1) is 5.92 Å². The molecule has 0 aliphatic carbocycles. The SMILES string of the molecule is CC(C)c1ccc(N2C[C@H](CS(C)(=O)=O)[C@H]2N)c2cnc(Nc3ccnc(-c4cnn(CC5CCO5)c4)n3)cc12. The molecule has 0 amide bonds. The van der Waals surface area contributed by atoms with Crippen LogP contribution in [0.2, 0.25) is 0 Å². The van der Waals surface area contributed by atoms with E-state index in [-0.39, 0.29) is 23.9 Å². The largest absolute Gasteiger partial charge is 0.376 e. The molecule has 11 nitrogen and oxygen atoms in total. The zero-order chi connectivity index (χ0) is 28.0. The van der Waals surface area contributed by atoms with Gasteiger partial charge in [-0.3, -0.25) is 4.68 Å². The Kier molecular flexibility index (Phi) is 6.93. The van der Waals surface area contributed by atoms with Crippen LogP contribution in [0.1, 0.15) is 31.7 Å². The molecule has 2 aliphatic rings. The molecule has 2 saturated heterocycles. The molecular weight excluding hydrogens is 528 g/mol. The summed E-state index contributed by atoms with van der Waals surface area (Å²) in [5, 5.41) is 9.81. The normalized spacial score (nSPS) is 20.9. The van der Waals surface area contributed by atoms with Crippen LogP contribution in [0.5, 0.6) is 0 Å². The maximum Gasteiger partial charge on any atom is 0.164 e. The second kappa shape index (κ2) is 10.4. The number of hydrogen-bond acceptors (Lipinski definition) is 10. The van der Waals surface area contributed by atoms with Crippen molar-refractivity contribution in [1.82, 2.24) is 24.7 Å². The lowest BCUT2D eigenvalue weighted by molar-refractivity contribution is -0.0609. The summed E-state index contributed by atoms with van der Waals surface area (Å²) in [7, 11) is -3.09. The fourth-order valence-electron chi connectivity index (χ4n) is 5.38. The Morgan fingerprint density at radius 1 is 1.15 bits per heavy atom. The van der Waals surface area contributed by atoms with Gasteiger partial charge in [-0.2, -0.15) is 5.10 Å². The molecule has 12 heteroatoms. The van der Waals surface area contributed by atoms with Crippen molar-refractivity contribution in [2.45, 2.75) is 45.0 Å². The van der Waals surface area contributed by atoms with Crippen LogP contribution in [-0.4, -0.2) is 70.6 Å². The van der Waals surface area contributed by atoms with Gasteiger partial charge in [-0.1, -0.05) is 19.9 Å². The van der Waals surface area contributed by atoms with Gasteiger partial charge in [-0.05, 0) is 41.5 Å². The summed E-state index contributed by atoms with van der Waals surface area (Å²) >= 11 is 0. The van der Waals surface area contributed by atoms with Crippen molar-refractivity contribution in [3.63, 3.8) is 0 Å². The molecule has 0 bridgehead atoms. The van der Waals surface area contributed by atoms with Crippen LogP contribution in [0.25, 0.3) is 22.2 Å². The van der Waals surface area contributed by atoms with Gasteiger partial charge < -0.3 is 20.7 Å². The molecule has 4 aromatic rings. The van der Waals surface area contributed by atoms with E-state index in [9.17, 15) is 8.42 Å². The number of ether oxygens (including phenoxy) is 1. The third-order valence-corrected chi connectivity index (χ3v) is 8.65. The van der Waals surface area contributed by atoms with E-state index in [1.165, 1.54) is 11.8 Å². The molecule has 3 atom stereocenters. The molecule has 2 aliphatic heterocycles. The van der Waals surface area contributed by atoms with Gasteiger partial charge in [-0.25, -0.2) is 23.4 Å². The Bertz CT molecular complexity index is 1650. The molecule has 0 saturated carbocycles. The summed E-state index contributed by atoms with van der Waals surface area (Å²) in [5.41, 5.74) is 9.42. The molecule has 0 spiro atoms. The van der Waals surface area contributed by atoms with Crippen molar-refractivity contribution in [3.05, 3.63) is 54.6 Å². The summed E-state index contributed by atoms with van der Waals surface area (Å²) in [6.07, 6.45) is 9.45. The second-order valence-electron chi connectivity index (χ2n) is 11.1. The second-order valence-corrected chi connectivity index (χ2v) is 13.2. The van der Waals surface area contributed by atoms with Crippen LogP contribution >= 0.6 is 0 Å². The van der Waals surface area contributed by atoms with Crippen LogP contribution < -0.4 is 16.0 Å². The van der Waals surface area contributed by atoms with Crippen molar-refractivity contribution < 1.29 is 13.2 Å². The average Bonchev–Trinajstić information content (AvgIpc) is 3.36. The lowest BCUT2D eigenvalue weighted by atomic mass is 9.92. The number of fused-ring (bicyclic) bond motifs is 1. The van der Waals surface area contributed by atoms with Crippen molar-refractivity contribution in [2.24, 2.45) is 11.7 Å². The minimum Gasteiger partial charge on any atom is -0.376 e. The number of nitrogens with one attached hydrogen (secondary N) is 1. The van der Waals surface area contributed by atoms with Crippen molar-refractivity contribution in [2.75, 3.05) is 35.4 Å². The maximum absolute atomic E-state index is 11.8. The van der Waals surface area contributed by atoms with E-state index in [1.54, 1.807) is 12.4 Å². The van der Waals surface area contributed by atoms with Gasteiger partial charge in [0, 0.05) is 55.0 Å². The number of benzene rings is 1. The minimum atomic E-state index is -3.09. The highest BCUT2D eigenvalue weighted by Gasteiger charge is 2.39. The first kappa shape index (κ1) is 26.6. The number of rotatable bonds is 9. The van der Waals surface area contributed by atoms with Gasteiger partial charge in [0.15, 0.2) is 5.82 Å². The summed E-state index contributed by atoms with van der Waals surface area (Å²) < 4.78 is 31.0. The molecule has 3 N–H and O–H groups in total. The Morgan fingerprint density at radius 3 is 2.67 bits per heavy atom. The minimum absolute atomic E-state index is 0.0886. The van der Waals surface area contributed by atoms with Gasteiger partial charge in [0.25, 0.3) is 0 Å².